The van der Waals surface area contributed by atoms with Gasteiger partial charge in [-0.25, -0.2) is 0 Å². The summed E-state index contributed by atoms with van der Waals surface area (Å²) in [5, 5.41) is 8.70. The number of hydrogen-bond donors (Lipinski definition) is 3. The highest BCUT2D eigenvalue weighted by Crippen LogP contribution is 2.18. The van der Waals surface area contributed by atoms with Gasteiger partial charge in [0, 0.05) is 23.0 Å². The van der Waals surface area contributed by atoms with Crippen LogP contribution in [0.3, 0.4) is 0 Å². The van der Waals surface area contributed by atoms with E-state index in [2.05, 4.69) is 29.8 Å². The van der Waals surface area contributed by atoms with Crippen LogP contribution < -0.4 is 20.7 Å². The molecule has 3 N–H and O–H groups in total. The lowest BCUT2D eigenvalue weighted by Gasteiger charge is -2.11. The van der Waals surface area contributed by atoms with Crippen LogP contribution in [0, 0.1) is 5.92 Å². The fourth-order valence-corrected chi connectivity index (χ4v) is 2.88. The van der Waals surface area contributed by atoms with E-state index in [4.69, 9.17) is 9.15 Å². The van der Waals surface area contributed by atoms with Crippen LogP contribution in [0.5, 0.6) is 5.75 Å². The quantitative estimate of drug-likeness (QED) is 0.407. The molecule has 3 aromatic rings. The van der Waals surface area contributed by atoms with Crippen molar-refractivity contribution >= 4 is 23.2 Å². The SMILES string of the molecule is CC(C)CCOc1cccc(NCC(=O)Nc2ccc(C(=O)NCc3ccco3)cc2)c1. The minimum atomic E-state index is -0.212. The molecule has 0 spiro atoms. The number of ether oxygens (including phenoxy) is 1. The Balaban J connectivity index is 1.43. The molecular formula is C25H29N3O4. The molecule has 0 saturated heterocycles. The first kappa shape index (κ1) is 22.9. The van der Waals surface area contributed by atoms with Crippen molar-refractivity contribution in [2.75, 3.05) is 23.8 Å². The van der Waals surface area contributed by atoms with E-state index in [1.807, 2.05) is 24.3 Å². The van der Waals surface area contributed by atoms with E-state index in [0.29, 0.717) is 36.1 Å². The maximum Gasteiger partial charge on any atom is 0.251 e. The fraction of sp³-hybridized carbons (Fsp3) is 0.280. The predicted octanol–water partition coefficient (Wildman–Crippen LogP) is 4.69. The molecular weight excluding hydrogens is 406 g/mol. The molecule has 0 radical (unpaired) electrons. The van der Waals surface area contributed by atoms with Crippen molar-refractivity contribution < 1.29 is 18.7 Å². The van der Waals surface area contributed by atoms with Crippen molar-refractivity contribution in [1.29, 1.82) is 0 Å². The normalized spacial score (nSPS) is 10.6. The second-order valence-electron chi connectivity index (χ2n) is 7.80. The Hall–Kier alpha value is -3.74. The number of rotatable bonds is 11. The summed E-state index contributed by atoms with van der Waals surface area (Å²) in [7, 11) is 0. The average Bonchev–Trinajstić information content (AvgIpc) is 3.30. The van der Waals surface area contributed by atoms with Gasteiger partial charge in [-0.2, -0.15) is 0 Å². The summed E-state index contributed by atoms with van der Waals surface area (Å²) in [6.07, 6.45) is 2.55. The predicted molar refractivity (Wildman–Crippen MR) is 125 cm³/mol. The minimum absolute atomic E-state index is 0.112. The molecule has 0 unspecified atom stereocenters. The summed E-state index contributed by atoms with van der Waals surface area (Å²) < 4.78 is 10.9. The van der Waals surface area contributed by atoms with Crippen molar-refractivity contribution in [2.24, 2.45) is 5.92 Å². The van der Waals surface area contributed by atoms with Gasteiger partial charge >= 0.3 is 0 Å². The third kappa shape index (κ3) is 7.50. The molecule has 32 heavy (non-hydrogen) atoms. The average molecular weight is 436 g/mol. The van der Waals surface area contributed by atoms with Crippen LogP contribution in [0.1, 0.15) is 36.4 Å². The summed E-state index contributed by atoms with van der Waals surface area (Å²) in [4.78, 5) is 24.5. The maximum atomic E-state index is 12.3. The van der Waals surface area contributed by atoms with Crippen LogP contribution >= 0.6 is 0 Å². The minimum Gasteiger partial charge on any atom is -0.494 e. The molecule has 2 amide bonds. The number of benzene rings is 2. The monoisotopic (exact) mass is 435 g/mol. The summed E-state index contributed by atoms with van der Waals surface area (Å²) in [6.45, 7) is 5.41. The number of nitrogens with one attached hydrogen (secondary N) is 3. The molecule has 0 fully saturated rings. The Morgan fingerprint density at radius 3 is 2.53 bits per heavy atom. The highest BCUT2D eigenvalue weighted by Gasteiger charge is 2.08. The third-order valence-corrected chi connectivity index (χ3v) is 4.69. The molecule has 0 bridgehead atoms. The van der Waals surface area contributed by atoms with Crippen LogP contribution in [0.25, 0.3) is 0 Å². The van der Waals surface area contributed by atoms with Crippen molar-refractivity contribution in [3.05, 3.63) is 78.3 Å². The van der Waals surface area contributed by atoms with E-state index in [1.54, 1.807) is 42.7 Å². The van der Waals surface area contributed by atoms with Crippen LogP contribution in [-0.4, -0.2) is 25.0 Å². The molecule has 1 heterocycles. The van der Waals surface area contributed by atoms with Gasteiger partial charge in [0.25, 0.3) is 5.91 Å². The molecule has 0 saturated carbocycles. The maximum absolute atomic E-state index is 12.3. The summed E-state index contributed by atoms with van der Waals surface area (Å²) >= 11 is 0. The number of amides is 2. The van der Waals surface area contributed by atoms with E-state index < -0.39 is 0 Å². The number of furan rings is 1. The van der Waals surface area contributed by atoms with E-state index in [0.717, 1.165) is 17.9 Å². The highest BCUT2D eigenvalue weighted by molar-refractivity contribution is 5.96. The van der Waals surface area contributed by atoms with Gasteiger partial charge in [-0.15, -0.1) is 0 Å². The molecule has 0 aliphatic carbocycles. The highest BCUT2D eigenvalue weighted by atomic mass is 16.5. The smallest absolute Gasteiger partial charge is 0.251 e. The van der Waals surface area contributed by atoms with Crippen LogP contribution in [-0.2, 0) is 11.3 Å². The third-order valence-electron chi connectivity index (χ3n) is 4.69. The van der Waals surface area contributed by atoms with Crippen LogP contribution in [0.15, 0.2) is 71.3 Å². The topological polar surface area (TPSA) is 92.6 Å². The van der Waals surface area contributed by atoms with Crippen LogP contribution in [0.4, 0.5) is 11.4 Å². The Labute approximate surface area is 188 Å². The zero-order valence-electron chi connectivity index (χ0n) is 18.4. The number of anilines is 2. The van der Waals surface area contributed by atoms with Gasteiger partial charge in [0.2, 0.25) is 5.91 Å². The van der Waals surface area contributed by atoms with Crippen molar-refractivity contribution in [3.8, 4) is 5.75 Å². The van der Waals surface area contributed by atoms with Gasteiger partial charge in [0.15, 0.2) is 0 Å². The van der Waals surface area contributed by atoms with Gasteiger partial charge in [0.1, 0.15) is 11.5 Å². The molecule has 1 aromatic heterocycles. The second kappa shape index (κ2) is 11.6. The van der Waals surface area contributed by atoms with E-state index in [1.165, 1.54) is 0 Å². The van der Waals surface area contributed by atoms with E-state index in [-0.39, 0.29) is 18.4 Å². The molecule has 7 nitrogen and oxygen atoms in total. The van der Waals surface area contributed by atoms with Crippen molar-refractivity contribution in [1.82, 2.24) is 5.32 Å². The first-order valence-corrected chi connectivity index (χ1v) is 10.7. The van der Waals surface area contributed by atoms with Gasteiger partial charge < -0.3 is 25.1 Å². The van der Waals surface area contributed by atoms with Crippen LogP contribution in [0.2, 0.25) is 0 Å². The molecule has 7 heteroatoms. The Morgan fingerprint density at radius 2 is 1.81 bits per heavy atom. The Kier molecular flexibility index (Phi) is 8.31. The lowest BCUT2D eigenvalue weighted by Crippen LogP contribution is -2.23. The summed E-state index contributed by atoms with van der Waals surface area (Å²) in [6, 6.07) is 17.8. The summed E-state index contributed by atoms with van der Waals surface area (Å²) in [5.74, 6) is 1.65. The number of carbonyl (C=O) groups is 2. The first-order chi connectivity index (χ1) is 15.5. The second-order valence-corrected chi connectivity index (χ2v) is 7.80. The Morgan fingerprint density at radius 1 is 1.00 bits per heavy atom. The molecule has 0 aliphatic rings. The molecule has 3 rings (SSSR count). The van der Waals surface area contributed by atoms with Gasteiger partial charge in [-0.1, -0.05) is 19.9 Å². The molecule has 0 atom stereocenters. The number of carbonyl (C=O) groups excluding carboxylic acids is 2. The number of hydrogen-bond acceptors (Lipinski definition) is 5. The van der Waals surface area contributed by atoms with Gasteiger partial charge in [-0.3, -0.25) is 9.59 Å². The van der Waals surface area contributed by atoms with Crippen molar-refractivity contribution in [3.63, 3.8) is 0 Å². The standard InChI is InChI=1S/C25H29N3O4/c1-18(2)12-14-32-22-6-3-5-21(15-22)26-17-24(29)28-20-10-8-19(9-11-20)25(30)27-16-23-7-4-13-31-23/h3-11,13,15,18,26H,12,14,16-17H2,1-2H3,(H,27,30)(H,28,29). The van der Waals surface area contributed by atoms with Gasteiger partial charge in [0.05, 0.1) is 26.0 Å². The molecule has 0 aliphatic heterocycles. The lowest BCUT2D eigenvalue weighted by atomic mass is 10.1. The first-order valence-electron chi connectivity index (χ1n) is 10.7. The fourth-order valence-electron chi connectivity index (χ4n) is 2.88. The van der Waals surface area contributed by atoms with E-state index in [9.17, 15) is 9.59 Å². The Bertz CT molecular complexity index is 998. The summed E-state index contributed by atoms with van der Waals surface area (Å²) in [5.41, 5.74) is 1.93. The zero-order valence-corrected chi connectivity index (χ0v) is 18.4. The van der Waals surface area contributed by atoms with Gasteiger partial charge in [-0.05, 0) is 60.9 Å². The van der Waals surface area contributed by atoms with E-state index >= 15 is 0 Å². The largest absolute Gasteiger partial charge is 0.494 e. The van der Waals surface area contributed by atoms with Crippen molar-refractivity contribution in [2.45, 2.75) is 26.8 Å². The lowest BCUT2D eigenvalue weighted by molar-refractivity contribution is -0.114. The zero-order chi connectivity index (χ0) is 22.8. The molecule has 2 aromatic carbocycles. The molecule has 168 valence electrons.